The Balaban J connectivity index is 2.48. The molecule has 0 bridgehead atoms. The van der Waals surface area contributed by atoms with E-state index in [9.17, 15) is 27.9 Å². The van der Waals surface area contributed by atoms with Crippen molar-refractivity contribution in [3.63, 3.8) is 0 Å². The van der Waals surface area contributed by atoms with Crippen LogP contribution < -0.4 is 0 Å². The van der Waals surface area contributed by atoms with Gasteiger partial charge < -0.3 is 15.1 Å². The van der Waals surface area contributed by atoms with E-state index in [2.05, 4.69) is 0 Å². The summed E-state index contributed by atoms with van der Waals surface area (Å²) < 4.78 is 38.4. The highest BCUT2D eigenvalue weighted by molar-refractivity contribution is 5.84. The highest BCUT2D eigenvalue weighted by atomic mass is 19.4. The number of phenols is 1. The lowest BCUT2D eigenvalue weighted by molar-refractivity contribution is -0.168. The molecule has 2 unspecified atom stereocenters. The molecular weight excluding hydrogens is 315 g/mol. The van der Waals surface area contributed by atoms with Gasteiger partial charge in [-0.05, 0) is 36.6 Å². The fourth-order valence-electron chi connectivity index (χ4n) is 2.88. The van der Waals surface area contributed by atoms with Gasteiger partial charge in [0.1, 0.15) is 12.3 Å². The van der Waals surface area contributed by atoms with Crippen molar-refractivity contribution in [1.29, 1.82) is 0 Å². The summed E-state index contributed by atoms with van der Waals surface area (Å²) in [7, 11) is 0. The van der Waals surface area contributed by atoms with Gasteiger partial charge in [-0.3, -0.25) is 9.59 Å². The number of hydrogen-bond donors (Lipinski definition) is 2. The van der Waals surface area contributed by atoms with Crippen molar-refractivity contribution in [1.82, 2.24) is 4.90 Å². The highest BCUT2D eigenvalue weighted by Gasteiger charge is 2.41. The van der Waals surface area contributed by atoms with Crippen LogP contribution in [0.4, 0.5) is 13.2 Å². The number of halogens is 3. The largest absolute Gasteiger partial charge is 0.508 e. The van der Waals surface area contributed by atoms with Crippen LogP contribution in [-0.4, -0.2) is 39.7 Å². The Bertz CT molecular complexity index is 630. The van der Waals surface area contributed by atoms with Gasteiger partial charge in [-0.15, -0.1) is 0 Å². The quantitative estimate of drug-likeness (QED) is 0.892. The molecule has 1 aliphatic heterocycles. The summed E-state index contributed by atoms with van der Waals surface area (Å²) in [5.41, 5.74) is 0.968. The van der Waals surface area contributed by atoms with E-state index in [1.54, 1.807) is 0 Å². The van der Waals surface area contributed by atoms with Crippen LogP contribution in [0.15, 0.2) is 18.2 Å². The molecule has 1 aromatic carbocycles. The maximum absolute atomic E-state index is 12.8. The molecular formula is C15H16F3NO4. The summed E-state index contributed by atoms with van der Waals surface area (Å²) in [5, 5.41) is 18.5. The van der Waals surface area contributed by atoms with Crippen LogP contribution in [0.1, 0.15) is 30.5 Å². The molecule has 126 valence electrons. The molecule has 0 radical (unpaired) electrons. The summed E-state index contributed by atoms with van der Waals surface area (Å²) in [4.78, 5) is 24.0. The Morgan fingerprint density at radius 3 is 2.61 bits per heavy atom. The van der Waals surface area contributed by atoms with Crippen LogP contribution in [0.3, 0.4) is 0 Å². The number of nitrogens with zero attached hydrogens (tertiary/aromatic N) is 1. The lowest BCUT2D eigenvalue weighted by Gasteiger charge is -2.30. The molecule has 1 heterocycles. The maximum atomic E-state index is 12.8. The van der Waals surface area contributed by atoms with Crippen LogP contribution >= 0.6 is 0 Å². The first kappa shape index (κ1) is 17.1. The summed E-state index contributed by atoms with van der Waals surface area (Å²) in [6, 6.07) is 3.29. The van der Waals surface area contributed by atoms with Crippen molar-refractivity contribution in [2.24, 2.45) is 5.92 Å². The molecule has 0 aromatic heterocycles. The van der Waals surface area contributed by atoms with Crippen LogP contribution in [0.25, 0.3) is 0 Å². The molecule has 1 amide bonds. The third-order valence-electron chi connectivity index (χ3n) is 3.92. The number of carboxylic acids is 1. The van der Waals surface area contributed by atoms with Gasteiger partial charge in [-0.1, -0.05) is 6.07 Å². The molecule has 0 aliphatic carbocycles. The highest BCUT2D eigenvalue weighted by Crippen LogP contribution is 2.36. The molecule has 0 spiro atoms. The van der Waals surface area contributed by atoms with Crippen molar-refractivity contribution in [3.8, 4) is 5.75 Å². The summed E-state index contributed by atoms with van der Waals surface area (Å²) >= 11 is 0. The van der Waals surface area contributed by atoms with Crippen LogP contribution in [0.5, 0.6) is 5.75 Å². The number of fused-ring (bicyclic) bond motifs is 1. The molecule has 8 heteroatoms. The standard InChI is InChI=1S/C15H16F3NO4/c1-8-12-6-11(20)3-2-9(12)4-10(5-13(21)22)14(23)19(8)7-15(16,17)18/h2-3,6,8,10,20H,4-5,7H2,1H3,(H,21,22). The van der Waals surface area contributed by atoms with Crippen LogP contribution in [-0.2, 0) is 16.0 Å². The zero-order valence-electron chi connectivity index (χ0n) is 12.3. The van der Waals surface area contributed by atoms with Gasteiger partial charge in [0.05, 0.1) is 18.4 Å². The number of carbonyl (C=O) groups is 2. The fraction of sp³-hybridized carbons (Fsp3) is 0.467. The number of hydrogen-bond acceptors (Lipinski definition) is 3. The lowest BCUT2D eigenvalue weighted by atomic mass is 9.93. The summed E-state index contributed by atoms with van der Waals surface area (Å²) in [6.45, 7) is -0.0245. The van der Waals surface area contributed by atoms with Crippen LogP contribution in [0, 0.1) is 5.92 Å². The number of aliphatic carboxylic acids is 1. The van der Waals surface area contributed by atoms with Crippen molar-refractivity contribution >= 4 is 11.9 Å². The monoisotopic (exact) mass is 331 g/mol. The molecule has 1 aliphatic rings. The number of amides is 1. The van der Waals surface area contributed by atoms with Crippen molar-refractivity contribution < 1.29 is 33.0 Å². The van der Waals surface area contributed by atoms with E-state index < -0.39 is 43.0 Å². The topological polar surface area (TPSA) is 77.8 Å². The first-order chi connectivity index (χ1) is 10.6. The molecule has 2 rings (SSSR count). The Morgan fingerprint density at radius 1 is 1.39 bits per heavy atom. The number of benzene rings is 1. The number of alkyl halides is 3. The van der Waals surface area contributed by atoms with Crippen LogP contribution in [0.2, 0.25) is 0 Å². The van der Waals surface area contributed by atoms with E-state index in [0.717, 1.165) is 0 Å². The Labute approximate surface area is 130 Å². The molecule has 0 fully saturated rings. The molecule has 5 nitrogen and oxygen atoms in total. The second kappa shape index (κ2) is 6.10. The van der Waals surface area contributed by atoms with Gasteiger partial charge >= 0.3 is 12.1 Å². The summed E-state index contributed by atoms with van der Waals surface area (Å²) in [6.07, 6.45) is -5.11. The predicted octanol–water partition coefficient (Wildman–Crippen LogP) is 2.49. The van der Waals surface area contributed by atoms with E-state index >= 15 is 0 Å². The zero-order valence-corrected chi connectivity index (χ0v) is 12.3. The van der Waals surface area contributed by atoms with Crippen molar-refractivity contribution in [2.45, 2.75) is 32.0 Å². The van der Waals surface area contributed by atoms with E-state index in [1.807, 2.05) is 0 Å². The van der Waals surface area contributed by atoms with E-state index in [1.165, 1.54) is 25.1 Å². The minimum atomic E-state index is -4.60. The first-order valence-electron chi connectivity index (χ1n) is 6.99. The zero-order chi connectivity index (χ0) is 17.4. The molecule has 2 N–H and O–H groups in total. The van der Waals surface area contributed by atoms with E-state index in [4.69, 9.17) is 5.11 Å². The molecule has 0 saturated carbocycles. The number of phenolic OH excluding ortho intramolecular Hbond substituents is 1. The minimum Gasteiger partial charge on any atom is -0.508 e. The van der Waals surface area contributed by atoms with Gasteiger partial charge in [0.2, 0.25) is 5.91 Å². The summed E-state index contributed by atoms with van der Waals surface area (Å²) in [5.74, 6) is -3.27. The lowest BCUT2D eigenvalue weighted by Crippen LogP contribution is -2.43. The van der Waals surface area contributed by atoms with Gasteiger partial charge in [-0.25, -0.2) is 0 Å². The number of aromatic hydroxyl groups is 1. The molecule has 23 heavy (non-hydrogen) atoms. The normalized spacial score (nSPS) is 21.7. The number of carboxylic acid groups (broad SMARTS) is 1. The fourth-order valence-corrected chi connectivity index (χ4v) is 2.88. The van der Waals surface area contributed by atoms with Gasteiger partial charge in [0, 0.05) is 0 Å². The second-order valence-electron chi connectivity index (χ2n) is 5.64. The smallest absolute Gasteiger partial charge is 0.406 e. The third kappa shape index (κ3) is 3.94. The van der Waals surface area contributed by atoms with E-state index in [-0.39, 0.29) is 12.2 Å². The van der Waals surface area contributed by atoms with Gasteiger partial charge in [0.15, 0.2) is 0 Å². The average molecular weight is 331 g/mol. The number of carbonyl (C=O) groups excluding carboxylic acids is 1. The molecule has 2 atom stereocenters. The minimum absolute atomic E-state index is 0.0272. The third-order valence-corrected chi connectivity index (χ3v) is 3.92. The molecule has 0 saturated heterocycles. The predicted molar refractivity (Wildman–Crippen MR) is 73.7 cm³/mol. The van der Waals surface area contributed by atoms with Crippen molar-refractivity contribution in [2.75, 3.05) is 6.54 Å². The molecule has 1 aromatic rings. The Hall–Kier alpha value is -2.25. The Kier molecular flexibility index (Phi) is 4.53. The Morgan fingerprint density at radius 2 is 2.04 bits per heavy atom. The SMILES string of the molecule is CC1c2cc(O)ccc2CC(CC(=O)O)C(=O)N1CC(F)(F)F. The number of rotatable bonds is 3. The maximum Gasteiger partial charge on any atom is 0.406 e. The van der Waals surface area contributed by atoms with Gasteiger partial charge in [0.25, 0.3) is 0 Å². The van der Waals surface area contributed by atoms with Crippen molar-refractivity contribution in [3.05, 3.63) is 29.3 Å². The van der Waals surface area contributed by atoms with Gasteiger partial charge in [-0.2, -0.15) is 13.2 Å². The van der Waals surface area contributed by atoms with E-state index in [0.29, 0.717) is 16.0 Å². The first-order valence-corrected chi connectivity index (χ1v) is 6.99. The average Bonchev–Trinajstić information content (AvgIpc) is 2.50. The second-order valence-corrected chi connectivity index (χ2v) is 5.64.